The summed E-state index contributed by atoms with van der Waals surface area (Å²) in [6.45, 7) is 6.77. The van der Waals surface area contributed by atoms with Gasteiger partial charge in [-0.1, -0.05) is 36.2 Å². The Bertz CT molecular complexity index is 673. The van der Waals surface area contributed by atoms with Gasteiger partial charge >= 0.3 is 0 Å². The lowest BCUT2D eigenvalue weighted by molar-refractivity contribution is -0.116. The molecule has 0 aromatic heterocycles. The molecule has 1 unspecified atom stereocenters. The van der Waals surface area contributed by atoms with Crippen LogP contribution in [0.3, 0.4) is 0 Å². The fourth-order valence-corrected chi connectivity index (χ4v) is 6.59. The summed E-state index contributed by atoms with van der Waals surface area (Å²) in [5.74, 6) is 2.01. The van der Waals surface area contributed by atoms with Crippen molar-refractivity contribution in [3.05, 3.63) is 23.3 Å². The summed E-state index contributed by atoms with van der Waals surface area (Å²) < 4.78 is 0. The van der Waals surface area contributed by atoms with E-state index in [1.165, 1.54) is 24.8 Å². The summed E-state index contributed by atoms with van der Waals surface area (Å²) in [6.07, 6.45) is 11.9. The van der Waals surface area contributed by atoms with Crippen LogP contribution in [0.25, 0.3) is 0 Å². The van der Waals surface area contributed by atoms with E-state index in [1.807, 2.05) is 13.0 Å². The number of hydrogen-bond acceptors (Lipinski definition) is 3. The molecule has 0 bridgehead atoms. The largest absolute Gasteiger partial charge is 0.411 e. The van der Waals surface area contributed by atoms with E-state index in [2.05, 4.69) is 25.1 Å². The van der Waals surface area contributed by atoms with Crippen molar-refractivity contribution in [2.75, 3.05) is 0 Å². The predicted octanol–water partition coefficient (Wildman–Crippen LogP) is 4.90. The van der Waals surface area contributed by atoms with Gasteiger partial charge in [-0.05, 0) is 74.2 Å². The molecular formula is C21H29NO2. The van der Waals surface area contributed by atoms with E-state index in [9.17, 15) is 10.0 Å². The quantitative estimate of drug-likeness (QED) is 0.322. The Morgan fingerprint density at radius 2 is 2.00 bits per heavy atom. The summed E-state index contributed by atoms with van der Waals surface area (Å²) in [7, 11) is 0. The maximum atomic E-state index is 11.9. The molecule has 0 saturated heterocycles. The van der Waals surface area contributed by atoms with E-state index < -0.39 is 0 Å². The monoisotopic (exact) mass is 327 g/mol. The smallest absolute Gasteiger partial charge is 0.155 e. The molecule has 3 heteroatoms. The Morgan fingerprint density at radius 3 is 2.75 bits per heavy atom. The molecule has 2 saturated carbocycles. The van der Waals surface area contributed by atoms with Gasteiger partial charge in [0.2, 0.25) is 0 Å². The summed E-state index contributed by atoms with van der Waals surface area (Å²) in [5.41, 5.74) is 4.32. The number of rotatable bonds is 1. The van der Waals surface area contributed by atoms with Crippen molar-refractivity contribution in [1.29, 1.82) is 0 Å². The summed E-state index contributed by atoms with van der Waals surface area (Å²) in [5, 5.41) is 12.8. The zero-order valence-corrected chi connectivity index (χ0v) is 15.1. The third kappa shape index (κ3) is 2.02. The zero-order valence-electron chi connectivity index (χ0n) is 15.1. The summed E-state index contributed by atoms with van der Waals surface area (Å²) in [6, 6.07) is 0. The Balaban J connectivity index is 1.68. The minimum atomic E-state index is 0.166. The second kappa shape index (κ2) is 5.31. The van der Waals surface area contributed by atoms with Crippen molar-refractivity contribution in [1.82, 2.24) is 0 Å². The van der Waals surface area contributed by atoms with Gasteiger partial charge in [0.05, 0.1) is 5.71 Å². The van der Waals surface area contributed by atoms with E-state index in [4.69, 9.17) is 0 Å². The van der Waals surface area contributed by atoms with Gasteiger partial charge in [0, 0.05) is 12.3 Å². The second-order valence-electron chi connectivity index (χ2n) is 8.95. The van der Waals surface area contributed by atoms with E-state index >= 15 is 0 Å². The highest BCUT2D eigenvalue weighted by atomic mass is 16.4. The number of carbonyl (C=O) groups is 1. The highest BCUT2D eigenvalue weighted by molar-refractivity contribution is 5.91. The molecule has 4 aliphatic rings. The minimum absolute atomic E-state index is 0.166. The lowest BCUT2D eigenvalue weighted by Gasteiger charge is -2.56. The molecule has 0 aromatic rings. The minimum Gasteiger partial charge on any atom is -0.411 e. The van der Waals surface area contributed by atoms with Crippen LogP contribution in [0.1, 0.15) is 65.7 Å². The van der Waals surface area contributed by atoms with Crippen molar-refractivity contribution in [2.24, 2.45) is 33.7 Å². The first kappa shape index (κ1) is 16.1. The fraction of sp³-hybridized carbons (Fsp3) is 0.714. The molecule has 0 amide bonds. The van der Waals surface area contributed by atoms with Gasteiger partial charge in [0.25, 0.3) is 0 Å². The maximum Gasteiger partial charge on any atom is 0.155 e. The molecule has 0 aliphatic heterocycles. The number of hydrogen-bond donors (Lipinski definition) is 1. The van der Waals surface area contributed by atoms with Crippen molar-refractivity contribution < 1.29 is 10.0 Å². The van der Waals surface area contributed by atoms with E-state index in [-0.39, 0.29) is 10.8 Å². The Labute approximate surface area is 144 Å². The molecule has 5 atom stereocenters. The van der Waals surface area contributed by atoms with Crippen LogP contribution >= 0.6 is 0 Å². The zero-order chi connectivity index (χ0) is 17.1. The molecule has 0 spiro atoms. The van der Waals surface area contributed by atoms with Gasteiger partial charge in [-0.2, -0.15) is 0 Å². The number of ketones is 1. The third-order valence-corrected chi connectivity index (χ3v) is 8.03. The van der Waals surface area contributed by atoms with Crippen molar-refractivity contribution in [3.8, 4) is 0 Å². The topological polar surface area (TPSA) is 49.7 Å². The molecule has 24 heavy (non-hydrogen) atoms. The van der Waals surface area contributed by atoms with Crippen LogP contribution in [0.5, 0.6) is 0 Å². The molecule has 3 nitrogen and oxygen atoms in total. The normalized spacial score (nSPS) is 45.0. The first-order valence-corrected chi connectivity index (χ1v) is 9.53. The standard InChI is InChI=1S/C21H29NO2/c1-13(22-24)17-6-7-18-16-5-4-14-12-15(23)8-10-20(14,2)19(16)9-11-21(17,18)3/h7,12,16-17,19,24H,4-6,8-11H2,1-3H3/b22-13+/t16-,17?,19-,20-,21+/m0/s1. The average Bonchev–Trinajstić information content (AvgIpc) is 2.92. The molecule has 4 aliphatic carbocycles. The van der Waals surface area contributed by atoms with Gasteiger partial charge in [-0.25, -0.2) is 0 Å². The van der Waals surface area contributed by atoms with Gasteiger partial charge in [-0.15, -0.1) is 0 Å². The fourth-order valence-electron chi connectivity index (χ4n) is 6.59. The molecule has 130 valence electrons. The third-order valence-electron chi connectivity index (χ3n) is 8.03. The highest BCUT2D eigenvalue weighted by Gasteiger charge is 2.56. The van der Waals surface area contributed by atoms with Gasteiger partial charge in [0.1, 0.15) is 0 Å². The van der Waals surface area contributed by atoms with Gasteiger partial charge < -0.3 is 5.21 Å². The highest BCUT2D eigenvalue weighted by Crippen LogP contribution is 2.64. The van der Waals surface area contributed by atoms with Crippen LogP contribution in [0.4, 0.5) is 0 Å². The van der Waals surface area contributed by atoms with Crippen LogP contribution in [0, 0.1) is 28.6 Å². The summed E-state index contributed by atoms with van der Waals surface area (Å²) >= 11 is 0. The van der Waals surface area contributed by atoms with Crippen molar-refractivity contribution in [3.63, 3.8) is 0 Å². The number of fused-ring (bicyclic) bond motifs is 5. The van der Waals surface area contributed by atoms with Crippen LogP contribution in [0.2, 0.25) is 0 Å². The second-order valence-corrected chi connectivity index (χ2v) is 8.95. The number of nitrogens with zero attached hydrogens (tertiary/aromatic N) is 1. The van der Waals surface area contributed by atoms with E-state index in [0.29, 0.717) is 23.5 Å². The van der Waals surface area contributed by atoms with E-state index in [0.717, 1.165) is 31.4 Å². The van der Waals surface area contributed by atoms with Crippen molar-refractivity contribution >= 4 is 11.5 Å². The molecular weight excluding hydrogens is 298 g/mol. The van der Waals surface area contributed by atoms with Crippen molar-refractivity contribution in [2.45, 2.75) is 65.7 Å². The van der Waals surface area contributed by atoms with Gasteiger partial charge in [0.15, 0.2) is 5.78 Å². The summed E-state index contributed by atoms with van der Waals surface area (Å²) in [4.78, 5) is 11.9. The van der Waals surface area contributed by atoms with Crippen LogP contribution in [-0.4, -0.2) is 16.7 Å². The molecule has 1 N–H and O–H groups in total. The average molecular weight is 327 g/mol. The Hall–Kier alpha value is -1.38. The molecule has 2 fully saturated rings. The first-order valence-electron chi connectivity index (χ1n) is 9.53. The molecule has 0 heterocycles. The van der Waals surface area contributed by atoms with Gasteiger partial charge in [-0.3, -0.25) is 4.79 Å². The lowest BCUT2D eigenvalue weighted by atomic mass is 9.48. The van der Waals surface area contributed by atoms with Crippen LogP contribution in [-0.2, 0) is 4.79 Å². The molecule has 4 rings (SSSR count). The SMILES string of the molecule is C/C(=N\O)C1CC=C2[C@@H]3CCC4=CC(=O)CC[C@]4(C)[C@H]3CC[C@@]21C. The molecule has 0 radical (unpaired) electrons. The van der Waals surface area contributed by atoms with Crippen LogP contribution in [0.15, 0.2) is 28.5 Å². The Morgan fingerprint density at radius 1 is 1.21 bits per heavy atom. The lowest BCUT2D eigenvalue weighted by Crippen LogP contribution is -2.48. The number of oxime groups is 1. The molecule has 0 aromatic carbocycles. The van der Waals surface area contributed by atoms with Crippen LogP contribution < -0.4 is 0 Å². The predicted molar refractivity (Wildman–Crippen MR) is 95.1 cm³/mol. The first-order chi connectivity index (χ1) is 11.4. The Kier molecular flexibility index (Phi) is 3.56. The number of allylic oxidation sites excluding steroid dienone is 4. The van der Waals surface area contributed by atoms with E-state index in [1.54, 1.807) is 5.57 Å². The number of carbonyl (C=O) groups excluding carboxylic acids is 1. The maximum absolute atomic E-state index is 11.9.